The van der Waals surface area contributed by atoms with Gasteiger partial charge in [0.2, 0.25) is 0 Å². The lowest BCUT2D eigenvalue weighted by molar-refractivity contribution is 0.102. The number of benzene rings is 2. The molecule has 1 heterocycles. The van der Waals surface area contributed by atoms with Gasteiger partial charge in [0.25, 0.3) is 5.91 Å². The van der Waals surface area contributed by atoms with Crippen LogP contribution in [0.5, 0.6) is 11.5 Å². The standard InChI is InChI=1S/C19H18N2O3/c1-23-17-11-15(12-18(13-17)24-2)20-19(22)14-5-7-16(8-6-14)21-9-3-4-10-21/h3-13H,1-2H3,(H,20,22). The fourth-order valence-corrected chi connectivity index (χ4v) is 2.37. The van der Waals surface area contributed by atoms with E-state index in [1.54, 1.807) is 44.6 Å². The number of hydrogen-bond acceptors (Lipinski definition) is 3. The number of amides is 1. The minimum Gasteiger partial charge on any atom is -0.497 e. The fourth-order valence-electron chi connectivity index (χ4n) is 2.37. The molecule has 0 aliphatic rings. The SMILES string of the molecule is COc1cc(NC(=O)c2ccc(-n3cccc3)cc2)cc(OC)c1. The summed E-state index contributed by atoms with van der Waals surface area (Å²) in [5.74, 6) is 1.05. The Balaban J connectivity index is 1.77. The molecule has 0 unspecified atom stereocenters. The first kappa shape index (κ1) is 15.7. The van der Waals surface area contributed by atoms with Crippen molar-refractivity contribution in [2.45, 2.75) is 0 Å². The normalized spacial score (nSPS) is 10.2. The molecule has 0 radical (unpaired) electrons. The molecule has 1 aromatic heterocycles. The van der Waals surface area contributed by atoms with Crippen LogP contribution in [-0.4, -0.2) is 24.7 Å². The van der Waals surface area contributed by atoms with Gasteiger partial charge < -0.3 is 19.4 Å². The first-order valence-corrected chi connectivity index (χ1v) is 7.47. The van der Waals surface area contributed by atoms with E-state index in [9.17, 15) is 4.79 Å². The van der Waals surface area contributed by atoms with Gasteiger partial charge in [-0.2, -0.15) is 0 Å². The second kappa shape index (κ2) is 6.91. The lowest BCUT2D eigenvalue weighted by Crippen LogP contribution is -2.12. The van der Waals surface area contributed by atoms with Crippen molar-refractivity contribution < 1.29 is 14.3 Å². The molecule has 0 atom stereocenters. The van der Waals surface area contributed by atoms with Crippen LogP contribution in [0, 0.1) is 0 Å². The van der Waals surface area contributed by atoms with Gasteiger partial charge in [0.1, 0.15) is 11.5 Å². The molecular weight excluding hydrogens is 304 g/mol. The van der Waals surface area contributed by atoms with Gasteiger partial charge in [0.15, 0.2) is 0 Å². The summed E-state index contributed by atoms with van der Waals surface area (Å²) in [7, 11) is 3.14. The average molecular weight is 322 g/mol. The maximum absolute atomic E-state index is 12.4. The highest BCUT2D eigenvalue weighted by atomic mass is 16.5. The van der Waals surface area contributed by atoms with Gasteiger partial charge in [0.05, 0.1) is 14.2 Å². The van der Waals surface area contributed by atoms with E-state index >= 15 is 0 Å². The molecule has 5 heteroatoms. The predicted molar refractivity (Wildman–Crippen MR) is 93.3 cm³/mol. The molecular formula is C19H18N2O3. The molecule has 3 aromatic rings. The van der Waals surface area contributed by atoms with E-state index < -0.39 is 0 Å². The van der Waals surface area contributed by atoms with Crippen LogP contribution in [0.15, 0.2) is 67.0 Å². The Labute approximate surface area is 140 Å². The maximum Gasteiger partial charge on any atom is 0.255 e. The van der Waals surface area contributed by atoms with Crippen LogP contribution < -0.4 is 14.8 Å². The largest absolute Gasteiger partial charge is 0.497 e. The minimum absolute atomic E-state index is 0.190. The van der Waals surface area contributed by atoms with Gasteiger partial charge in [-0.05, 0) is 36.4 Å². The zero-order chi connectivity index (χ0) is 16.9. The molecule has 24 heavy (non-hydrogen) atoms. The molecule has 2 aromatic carbocycles. The number of nitrogens with one attached hydrogen (secondary N) is 1. The summed E-state index contributed by atoms with van der Waals surface area (Å²) in [5.41, 5.74) is 2.19. The quantitative estimate of drug-likeness (QED) is 0.778. The number of anilines is 1. The zero-order valence-corrected chi connectivity index (χ0v) is 13.5. The lowest BCUT2D eigenvalue weighted by atomic mass is 10.2. The second-order valence-electron chi connectivity index (χ2n) is 5.19. The van der Waals surface area contributed by atoms with Crippen LogP contribution >= 0.6 is 0 Å². The highest BCUT2D eigenvalue weighted by Gasteiger charge is 2.09. The summed E-state index contributed by atoms with van der Waals surface area (Å²) >= 11 is 0. The summed E-state index contributed by atoms with van der Waals surface area (Å²) in [6.07, 6.45) is 3.91. The van der Waals surface area contributed by atoms with Crippen LogP contribution in [0.2, 0.25) is 0 Å². The summed E-state index contributed by atoms with van der Waals surface area (Å²) < 4.78 is 12.4. The molecule has 0 bridgehead atoms. The Morgan fingerprint density at radius 3 is 2.04 bits per heavy atom. The van der Waals surface area contributed by atoms with Crippen LogP contribution in [0.25, 0.3) is 5.69 Å². The van der Waals surface area contributed by atoms with E-state index in [1.807, 2.05) is 41.2 Å². The van der Waals surface area contributed by atoms with Gasteiger partial charge in [-0.1, -0.05) is 0 Å². The van der Waals surface area contributed by atoms with Crippen molar-refractivity contribution in [3.8, 4) is 17.2 Å². The zero-order valence-electron chi connectivity index (χ0n) is 13.5. The van der Waals surface area contributed by atoms with E-state index in [2.05, 4.69) is 5.32 Å². The van der Waals surface area contributed by atoms with E-state index in [4.69, 9.17) is 9.47 Å². The molecule has 122 valence electrons. The molecule has 0 spiro atoms. The van der Waals surface area contributed by atoms with Gasteiger partial charge in [-0.15, -0.1) is 0 Å². The van der Waals surface area contributed by atoms with Crippen molar-refractivity contribution in [2.75, 3.05) is 19.5 Å². The van der Waals surface area contributed by atoms with Gasteiger partial charge >= 0.3 is 0 Å². The number of rotatable bonds is 5. The molecule has 1 amide bonds. The Kier molecular flexibility index (Phi) is 4.52. The van der Waals surface area contributed by atoms with Crippen molar-refractivity contribution in [3.63, 3.8) is 0 Å². The lowest BCUT2D eigenvalue weighted by Gasteiger charge is -2.10. The third kappa shape index (κ3) is 3.41. The van der Waals surface area contributed by atoms with Crippen molar-refractivity contribution in [1.29, 1.82) is 0 Å². The first-order valence-electron chi connectivity index (χ1n) is 7.47. The molecule has 0 saturated carbocycles. The third-order valence-corrected chi connectivity index (χ3v) is 3.64. The summed E-state index contributed by atoms with van der Waals surface area (Å²) in [4.78, 5) is 12.4. The number of carbonyl (C=O) groups is 1. The molecule has 0 aliphatic carbocycles. The number of carbonyl (C=O) groups excluding carboxylic acids is 1. The Morgan fingerprint density at radius 2 is 1.50 bits per heavy atom. The summed E-state index contributed by atoms with van der Waals surface area (Å²) in [5, 5.41) is 2.86. The van der Waals surface area contributed by atoms with Crippen LogP contribution in [-0.2, 0) is 0 Å². The smallest absolute Gasteiger partial charge is 0.255 e. The number of hydrogen-bond donors (Lipinski definition) is 1. The molecule has 0 fully saturated rings. The van der Waals surface area contributed by atoms with Crippen molar-refractivity contribution in [3.05, 3.63) is 72.6 Å². The predicted octanol–water partition coefficient (Wildman–Crippen LogP) is 3.75. The van der Waals surface area contributed by atoms with Crippen LogP contribution in [0.1, 0.15) is 10.4 Å². The van der Waals surface area contributed by atoms with E-state index in [0.29, 0.717) is 22.7 Å². The van der Waals surface area contributed by atoms with E-state index in [0.717, 1.165) is 5.69 Å². The second-order valence-corrected chi connectivity index (χ2v) is 5.19. The summed E-state index contributed by atoms with van der Waals surface area (Å²) in [6.45, 7) is 0. The Bertz CT molecular complexity index is 802. The third-order valence-electron chi connectivity index (χ3n) is 3.64. The number of ether oxygens (including phenoxy) is 2. The average Bonchev–Trinajstić information content (AvgIpc) is 3.16. The number of nitrogens with zero attached hydrogens (tertiary/aromatic N) is 1. The maximum atomic E-state index is 12.4. The highest BCUT2D eigenvalue weighted by molar-refractivity contribution is 6.04. The minimum atomic E-state index is -0.190. The first-order chi connectivity index (χ1) is 11.7. The fraction of sp³-hybridized carbons (Fsp3) is 0.105. The van der Waals surface area contributed by atoms with Crippen LogP contribution in [0.4, 0.5) is 5.69 Å². The van der Waals surface area contributed by atoms with Crippen molar-refractivity contribution in [1.82, 2.24) is 4.57 Å². The molecule has 1 N–H and O–H groups in total. The molecule has 3 rings (SSSR count). The molecule has 0 saturated heterocycles. The topological polar surface area (TPSA) is 52.5 Å². The van der Waals surface area contributed by atoms with Gasteiger partial charge in [-0.25, -0.2) is 0 Å². The monoisotopic (exact) mass is 322 g/mol. The number of aromatic nitrogens is 1. The van der Waals surface area contributed by atoms with Gasteiger partial charge in [-0.3, -0.25) is 4.79 Å². The van der Waals surface area contributed by atoms with E-state index in [-0.39, 0.29) is 5.91 Å². The summed E-state index contributed by atoms with van der Waals surface area (Å²) in [6, 6.07) is 16.5. The molecule has 0 aliphatic heterocycles. The highest BCUT2D eigenvalue weighted by Crippen LogP contribution is 2.26. The van der Waals surface area contributed by atoms with Crippen molar-refractivity contribution >= 4 is 11.6 Å². The van der Waals surface area contributed by atoms with Gasteiger partial charge in [0, 0.05) is 47.5 Å². The van der Waals surface area contributed by atoms with E-state index in [1.165, 1.54) is 0 Å². The van der Waals surface area contributed by atoms with Crippen molar-refractivity contribution in [2.24, 2.45) is 0 Å². The van der Waals surface area contributed by atoms with Crippen LogP contribution in [0.3, 0.4) is 0 Å². The number of methoxy groups -OCH3 is 2. The Morgan fingerprint density at radius 1 is 0.917 bits per heavy atom. The Hall–Kier alpha value is -3.21. The molecule has 5 nitrogen and oxygen atoms in total.